The molecule has 2 N–H and O–H groups in total. The summed E-state index contributed by atoms with van der Waals surface area (Å²) in [6.07, 6.45) is -1.23. The Labute approximate surface area is 218 Å². The van der Waals surface area contributed by atoms with Crippen LogP contribution in [0.4, 0.5) is 21.5 Å². The van der Waals surface area contributed by atoms with E-state index in [1.165, 1.54) is 19.1 Å². The normalized spacial score (nSPS) is 11.9. The van der Waals surface area contributed by atoms with Gasteiger partial charge in [0, 0.05) is 31.2 Å². The summed E-state index contributed by atoms with van der Waals surface area (Å²) in [6.45, 7) is 1.36. The highest BCUT2D eigenvalue weighted by atomic mass is 35.5. The van der Waals surface area contributed by atoms with Gasteiger partial charge in [-0.25, -0.2) is 17.6 Å². The first-order valence-electron chi connectivity index (χ1n) is 10.4. The fourth-order valence-corrected chi connectivity index (χ4v) is 4.89. The van der Waals surface area contributed by atoms with Crippen LogP contribution in [-0.4, -0.2) is 40.5 Å². The third-order valence-corrected chi connectivity index (χ3v) is 7.09. The van der Waals surface area contributed by atoms with Crippen molar-refractivity contribution in [3.8, 4) is 0 Å². The van der Waals surface area contributed by atoms with Crippen LogP contribution < -0.4 is 14.9 Å². The van der Waals surface area contributed by atoms with Gasteiger partial charge in [0.05, 0.1) is 15.6 Å². The summed E-state index contributed by atoms with van der Waals surface area (Å²) in [5.41, 5.74) is 1.20. The van der Waals surface area contributed by atoms with Crippen LogP contribution in [0.15, 0.2) is 65.6 Å². The maximum atomic E-state index is 13.1. The number of nitrogens with one attached hydrogen (secondary N) is 2. The number of anilines is 3. The summed E-state index contributed by atoms with van der Waals surface area (Å²) < 4.78 is 46.3. The molecule has 0 unspecified atom stereocenters. The van der Waals surface area contributed by atoms with Crippen molar-refractivity contribution in [1.82, 2.24) is 0 Å². The van der Waals surface area contributed by atoms with E-state index >= 15 is 0 Å². The van der Waals surface area contributed by atoms with Gasteiger partial charge in [0.2, 0.25) is 0 Å². The lowest BCUT2D eigenvalue weighted by atomic mass is 10.2. The first-order chi connectivity index (χ1) is 16.9. The van der Waals surface area contributed by atoms with Crippen molar-refractivity contribution in [2.75, 3.05) is 29.0 Å². The van der Waals surface area contributed by atoms with Gasteiger partial charge in [-0.15, -0.1) is 0 Å². The average Bonchev–Trinajstić information content (AvgIpc) is 2.80. The number of hydrogen-bond acceptors (Lipinski definition) is 6. The van der Waals surface area contributed by atoms with Gasteiger partial charge in [0.15, 0.2) is 6.10 Å². The summed E-state index contributed by atoms with van der Waals surface area (Å²) in [6, 6.07) is 13.6. The van der Waals surface area contributed by atoms with E-state index in [0.717, 1.165) is 30.0 Å². The third kappa shape index (κ3) is 6.66. The Bertz CT molecular complexity index is 1380. The number of carbonyl (C=O) groups excluding carboxylic acids is 2. The Morgan fingerprint density at radius 1 is 0.944 bits per heavy atom. The minimum Gasteiger partial charge on any atom is -0.449 e. The maximum Gasteiger partial charge on any atom is 0.340 e. The first-order valence-corrected chi connectivity index (χ1v) is 12.7. The highest BCUT2D eigenvalue weighted by molar-refractivity contribution is 7.92. The minimum absolute atomic E-state index is 0.0791. The zero-order valence-corrected chi connectivity index (χ0v) is 21.7. The number of benzene rings is 3. The zero-order chi connectivity index (χ0) is 26.6. The number of nitrogens with zero attached hydrogens (tertiary/aromatic N) is 1. The molecular formula is C24H22Cl2FN3O5S. The van der Waals surface area contributed by atoms with E-state index in [4.69, 9.17) is 27.9 Å². The molecule has 1 atom stereocenters. The van der Waals surface area contributed by atoms with Gasteiger partial charge in [-0.3, -0.25) is 9.52 Å². The SMILES string of the molecule is C[C@H](OC(=O)c1cc(S(=O)(=O)Nc2ccc(F)cc2)c(Cl)cc1Cl)C(=O)Nc1ccc(N(C)C)cc1. The molecule has 0 heterocycles. The van der Waals surface area contributed by atoms with Gasteiger partial charge in [-0.05, 0) is 67.6 Å². The Morgan fingerprint density at radius 2 is 1.53 bits per heavy atom. The number of halogens is 3. The quantitative estimate of drug-likeness (QED) is 0.372. The lowest BCUT2D eigenvalue weighted by Gasteiger charge is -2.16. The standard InChI is InChI=1S/C24H22Cl2FN3O5S/c1-14(23(31)28-16-8-10-18(11-9-16)30(2)3)35-24(32)19-12-22(21(26)13-20(19)25)36(33,34)29-17-6-4-15(27)5-7-17/h4-14,29H,1-3H3,(H,28,31)/t14-/m0/s1. The first kappa shape index (κ1) is 27.3. The third-order valence-electron chi connectivity index (χ3n) is 4.93. The van der Waals surface area contributed by atoms with E-state index in [-0.39, 0.29) is 21.3 Å². The van der Waals surface area contributed by atoms with E-state index < -0.39 is 38.7 Å². The molecule has 0 aliphatic carbocycles. The molecule has 0 radical (unpaired) electrons. The molecule has 0 aromatic heterocycles. The molecule has 36 heavy (non-hydrogen) atoms. The van der Waals surface area contributed by atoms with Gasteiger partial charge in [-0.1, -0.05) is 23.2 Å². The van der Waals surface area contributed by atoms with E-state index in [1.54, 1.807) is 12.1 Å². The van der Waals surface area contributed by atoms with Crippen LogP contribution in [-0.2, 0) is 19.6 Å². The van der Waals surface area contributed by atoms with Crippen molar-refractivity contribution >= 4 is 62.2 Å². The van der Waals surface area contributed by atoms with E-state index in [1.807, 2.05) is 31.1 Å². The molecular weight excluding hydrogens is 532 g/mol. The molecule has 0 saturated heterocycles. The summed E-state index contributed by atoms with van der Waals surface area (Å²) in [5, 5.41) is 2.21. The molecule has 3 rings (SSSR count). The smallest absolute Gasteiger partial charge is 0.340 e. The summed E-state index contributed by atoms with van der Waals surface area (Å²) in [5.74, 6) is -2.17. The topological polar surface area (TPSA) is 105 Å². The number of amides is 1. The molecule has 0 aliphatic heterocycles. The van der Waals surface area contributed by atoms with Gasteiger partial charge < -0.3 is 15.0 Å². The maximum absolute atomic E-state index is 13.1. The molecule has 8 nitrogen and oxygen atoms in total. The van der Waals surface area contributed by atoms with Crippen molar-refractivity contribution in [1.29, 1.82) is 0 Å². The largest absolute Gasteiger partial charge is 0.449 e. The lowest BCUT2D eigenvalue weighted by molar-refractivity contribution is -0.123. The Kier molecular flexibility index (Phi) is 8.44. The number of carbonyl (C=O) groups is 2. The van der Waals surface area contributed by atoms with Crippen molar-refractivity contribution in [2.24, 2.45) is 0 Å². The highest BCUT2D eigenvalue weighted by Gasteiger charge is 2.26. The van der Waals surface area contributed by atoms with Crippen LogP contribution in [0, 0.1) is 5.82 Å². The van der Waals surface area contributed by atoms with E-state index in [9.17, 15) is 22.4 Å². The van der Waals surface area contributed by atoms with Gasteiger partial charge in [0.25, 0.3) is 15.9 Å². The van der Waals surface area contributed by atoms with Gasteiger partial charge >= 0.3 is 5.97 Å². The molecule has 0 spiro atoms. The molecule has 0 bridgehead atoms. The van der Waals surface area contributed by atoms with Crippen LogP contribution in [0.1, 0.15) is 17.3 Å². The second-order valence-electron chi connectivity index (χ2n) is 7.85. The van der Waals surface area contributed by atoms with Crippen molar-refractivity contribution in [3.63, 3.8) is 0 Å². The van der Waals surface area contributed by atoms with Crippen LogP contribution in [0.2, 0.25) is 10.0 Å². The van der Waals surface area contributed by atoms with E-state index in [0.29, 0.717) is 5.69 Å². The van der Waals surface area contributed by atoms with Gasteiger partial charge in [-0.2, -0.15) is 0 Å². The van der Waals surface area contributed by atoms with Crippen molar-refractivity contribution in [2.45, 2.75) is 17.9 Å². The molecule has 12 heteroatoms. The molecule has 0 aliphatic rings. The lowest BCUT2D eigenvalue weighted by Crippen LogP contribution is -2.30. The number of esters is 1. The monoisotopic (exact) mass is 553 g/mol. The van der Waals surface area contributed by atoms with Crippen molar-refractivity contribution in [3.05, 3.63) is 82.1 Å². The number of sulfonamides is 1. The van der Waals surface area contributed by atoms with Crippen LogP contribution in [0.25, 0.3) is 0 Å². The highest BCUT2D eigenvalue weighted by Crippen LogP contribution is 2.31. The van der Waals surface area contributed by atoms with Gasteiger partial charge in [0.1, 0.15) is 10.7 Å². The molecule has 3 aromatic rings. The van der Waals surface area contributed by atoms with E-state index in [2.05, 4.69) is 10.0 Å². The number of ether oxygens (including phenoxy) is 1. The predicted octanol–water partition coefficient (Wildman–Crippen LogP) is 5.18. The second-order valence-corrected chi connectivity index (χ2v) is 10.3. The Morgan fingerprint density at radius 3 is 2.11 bits per heavy atom. The Hall–Kier alpha value is -3.34. The Balaban J connectivity index is 1.75. The fourth-order valence-electron chi connectivity index (χ4n) is 2.98. The average molecular weight is 554 g/mol. The predicted molar refractivity (Wildman–Crippen MR) is 138 cm³/mol. The van der Waals surface area contributed by atoms with Crippen LogP contribution in [0.3, 0.4) is 0 Å². The molecule has 0 fully saturated rings. The molecule has 1 amide bonds. The molecule has 190 valence electrons. The number of rotatable bonds is 8. The molecule has 3 aromatic carbocycles. The number of hydrogen-bond donors (Lipinski definition) is 2. The van der Waals surface area contributed by atoms with Crippen LogP contribution >= 0.6 is 23.2 Å². The van der Waals surface area contributed by atoms with Crippen molar-refractivity contribution < 1.29 is 27.1 Å². The summed E-state index contributed by atoms with van der Waals surface area (Å²) in [7, 11) is -0.515. The summed E-state index contributed by atoms with van der Waals surface area (Å²) >= 11 is 12.2. The van der Waals surface area contributed by atoms with Crippen LogP contribution in [0.5, 0.6) is 0 Å². The zero-order valence-electron chi connectivity index (χ0n) is 19.4. The fraction of sp³-hybridized carbons (Fsp3) is 0.167. The molecule has 0 saturated carbocycles. The second kappa shape index (κ2) is 11.2. The minimum atomic E-state index is -4.28. The summed E-state index contributed by atoms with van der Waals surface area (Å²) in [4.78, 5) is 26.7.